The molecular weight excluding hydrogens is 512 g/mol. The van der Waals surface area contributed by atoms with Gasteiger partial charge in [0, 0.05) is 36.1 Å². The van der Waals surface area contributed by atoms with Crippen molar-refractivity contribution in [3.8, 4) is 11.8 Å². The van der Waals surface area contributed by atoms with E-state index >= 15 is 0 Å². The molecule has 3 amide bonds. The molecule has 0 spiro atoms. The van der Waals surface area contributed by atoms with Crippen molar-refractivity contribution in [2.45, 2.75) is 13.8 Å². The quantitative estimate of drug-likeness (QED) is 0.166. The van der Waals surface area contributed by atoms with Crippen LogP contribution in [0.15, 0.2) is 54.9 Å². The Morgan fingerprint density at radius 2 is 1.74 bits per heavy atom. The number of urea groups is 1. The number of fused-ring (bicyclic) bond motifs is 1. The molecule has 0 saturated carbocycles. The zero-order valence-electron chi connectivity index (χ0n) is 20.1. The average Bonchev–Trinajstić information content (AvgIpc) is 3.49. The maximum Gasteiger partial charge on any atom is 0.324 e. The number of aryl methyl sites for hydroxylation is 1. The highest BCUT2D eigenvalue weighted by Gasteiger charge is 2.12. The van der Waals surface area contributed by atoms with Gasteiger partial charge in [-0.25, -0.2) is 14.8 Å². The average molecular weight is 533 g/mol. The standard InChI is InChI=1S/C24H21ClN10O3/c1-12-7-20(32-22-10-21(34-35-22)29-13(2)36)33-24(28-12)38-19-6-4-14(8-16(19)25)30-23(37)31-15-3-5-17-18(9-15)27-11-26-17/h3-11H,1-2H3,(H,26,27)(H2,30,31,37)(H3,28,29,32,33,34,35,36). The number of hydrogen-bond donors (Lipinski definition) is 6. The summed E-state index contributed by atoms with van der Waals surface area (Å²) in [5.41, 5.74) is 3.31. The van der Waals surface area contributed by atoms with Crippen LogP contribution in [0, 0.1) is 6.92 Å². The van der Waals surface area contributed by atoms with Gasteiger partial charge in [-0.3, -0.25) is 9.89 Å². The van der Waals surface area contributed by atoms with Crippen LogP contribution in [0.1, 0.15) is 12.6 Å². The number of ether oxygens (including phenoxy) is 1. The molecule has 2 aromatic carbocycles. The third-order valence-electron chi connectivity index (χ3n) is 5.05. The van der Waals surface area contributed by atoms with Crippen molar-refractivity contribution in [3.63, 3.8) is 0 Å². The Hall–Kier alpha value is -5.17. The molecule has 14 heteroatoms. The van der Waals surface area contributed by atoms with Crippen molar-refractivity contribution >= 4 is 63.4 Å². The lowest BCUT2D eigenvalue weighted by molar-refractivity contribution is -0.114. The van der Waals surface area contributed by atoms with Crippen LogP contribution in [0.4, 0.5) is 33.6 Å². The number of amides is 3. The molecule has 192 valence electrons. The molecule has 6 N–H and O–H groups in total. The van der Waals surface area contributed by atoms with Crippen LogP contribution in [0.5, 0.6) is 11.8 Å². The summed E-state index contributed by atoms with van der Waals surface area (Å²) in [7, 11) is 0. The smallest absolute Gasteiger partial charge is 0.324 e. The zero-order chi connectivity index (χ0) is 26.6. The van der Waals surface area contributed by atoms with Crippen LogP contribution >= 0.6 is 11.6 Å². The molecule has 3 aromatic heterocycles. The number of rotatable bonds is 7. The highest BCUT2D eigenvalue weighted by atomic mass is 35.5. The van der Waals surface area contributed by atoms with Gasteiger partial charge in [0.25, 0.3) is 0 Å². The first kappa shape index (κ1) is 24.5. The summed E-state index contributed by atoms with van der Waals surface area (Å²) in [5.74, 6) is 1.38. The summed E-state index contributed by atoms with van der Waals surface area (Å²) in [6, 6.07) is 13.1. The minimum Gasteiger partial charge on any atom is -0.423 e. The van der Waals surface area contributed by atoms with E-state index in [1.807, 2.05) is 0 Å². The predicted octanol–water partition coefficient (Wildman–Crippen LogP) is 5.18. The summed E-state index contributed by atoms with van der Waals surface area (Å²) >= 11 is 6.40. The van der Waals surface area contributed by atoms with Crippen LogP contribution in [0.3, 0.4) is 0 Å². The number of H-pyrrole nitrogens is 2. The molecule has 5 rings (SSSR count). The second-order valence-corrected chi connectivity index (χ2v) is 8.52. The lowest BCUT2D eigenvalue weighted by Crippen LogP contribution is -2.19. The Morgan fingerprint density at radius 1 is 0.947 bits per heavy atom. The third-order valence-corrected chi connectivity index (χ3v) is 5.34. The molecule has 0 saturated heterocycles. The Morgan fingerprint density at radius 3 is 2.53 bits per heavy atom. The van der Waals surface area contributed by atoms with E-state index in [0.29, 0.717) is 40.3 Å². The molecule has 0 aliphatic carbocycles. The predicted molar refractivity (Wildman–Crippen MR) is 143 cm³/mol. The van der Waals surface area contributed by atoms with Gasteiger partial charge in [0.1, 0.15) is 17.4 Å². The van der Waals surface area contributed by atoms with Crippen molar-refractivity contribution in [3.05, 3.63) is 65.6 Å². The summed E-state index contributed by atoms with van der Waals surface area (Å²) in [5, 5.41) is 18.1. The third kappa shape index (κ3) is 5.96. The van der Waals surface area contributed by atoms with Crippen molar-refractivity contribution in [1.29, 1.82) is 0 Å². The maximum atomic E-state index is 12.4. The first-order valence-corrected chi connectivity index (χ1v) is 11.6. The lowest BCUT2D eigenvalue weighted by atomic mass is 10.3. The number of anilines is 5. The van der Waals surface area contributed by atoms with Crippen LogP contribution in [0.2, 0.25) is 5.02 Å². The second kappa shape index (κ2) is 10.4. The number of nitrogens with zero attached hydrogens (tertiary/aromatic N) is 4. The monoisotopic (exact) mass is 532 g/mol. The molecule has 0 aliphatic rings. The van der Waals surface area contributed by atoms with Crippen molar-refractivity contribution in [2.24, 2.45) is 0 Å². The molecule has 0 radical (unpaired) electrons. The Labute approximate surface area is 220 Å². The number of halogens is 1. The van der Waals surface area contributed by atoms with E-state index in [4.69, 9.17) is 16.3 Å². The number of carbonyl (C=O) groups excluding carboxylic acids is 2. The van der Waals surface area contributed by atoms with Crippen LogP contribution < -0.4 is 26.0 Å². The van der Waals surface area contributed by atoms with E-state index in [2.05, 4.69) is 51.4 Å². The molecular formula is C24H21ClN10O3. The molecule has 13 nitrogen and oxygen atoms in total. The Kier molecular flexibility index (Phi) is 6.74. The van der Waals surface area contributed by atoms with Crippen molar-refractivity contribution in [2.75, 3.05) is 21.3 Å². The van der Waals surface area contributed by atoms with Gasteiger partial charge in [-0.05, 0) is 43.3 Å². The van der Waals surface area contributed by atoms with E-state index < -0.39 is 6.03 Å². The molecule has 0 bridgehead atoms. The molecule has 0 fully saturated rings. The van der Waals surface area contributed by atoms with Gasteiger partial charge < -0.3 is 31.0 Å². The number of aromatic amines is 2. The Balaban J connectivity index is 1.23. The van der Waals surface area contributed by atoms with E-state index in [9.17, 15) is 9.59 Å². The van der Waals surface area contributed by atoms with E-state index in [1.165, 1.54) is 6.92 Å². The van der Waals surface area contributed by atoms with E-state index in [-0.39, 0.29) is 16.9 Å². The minimum absolute atomic E-state index is 0.0589. The molecule has 5 aromatic rings. The fourth-order valence-corrected chi connectivity index (χ4v) is 3.70. The topological polar surface area (TPSA) is 175 Å². The summed E-state index contributed by atoms with van der Waals surface area (Å²) in [4.78, 5) is 39.4. The minimum atomic E-state index is -0.438. The molecule has 38 heavy (non-hydrogen) atoms. The number of hydrogen-bond acceptors (Lipinski definition) is 8. The number of nitrogens with one attached hydrogen (secondary N) is 6. The van der Waals surface area contributed by atoms with E-state index in [1.54, 1.807) is 61.8 Å². The molecule has 0 atom stereocenters. The van der Waals surface area contributed by atoms with Gasteiger partial charge in [0.15, 0.2) is 5.82 Å². The molecule has 0 unspecified atom stereocenters. The summed E-state index contributed by atoms with van der Waals surface area (Å²) in [6.45, 7) is 3.18. The first-order chi connectivity index (χ1) is 18.3. The van der Waals surface area contributed by atoms with Gasteiger partial charge in [-0.1, -0.05) is 11.6 Å². The number of carbonyl (C=O) groups is 2. The molecule has 0 aliphatic heterocycles. The first-order valence-electron chi connectivity index (χ1n) is 11.2. The SMILES string of the molecule is CC(=O)Nc1cc(Nc2cc(C)nc(Oc3ccc(NC(=O)Nc4ccc5nc[nH]c5c4)cc3Cl)n2)[nH]n1. The van der Waals surface area contributed by atoms with Gasteiger partial charge in [-0.15, -0.1) is 0 Å². The zero-order valence-corrected chi connectivity index (χ0v) is 20.8. The van der Waals surface area contributed by atoms with Gasteiger partial charge in [-0.2, -0.15) is 10.1 Å². The van der Waals surface area contributed by atoms with Crippen molar-refractivity contribution in [1.82, 2.24) is 30.1 Å². The van der Waals surface area contributed by atoms with Gasteiger partial charge >= 0.3 is 12.0 Å². The van der Waals surface area contributed by atoms with Crippen molar-refractivity contribution < 1.29 is 14.3 Å². The normalized spacial score (nSPS) is 10.7. The Bertz CT molecular complexity index is 1650. The lowest BCUT2D eigenvalue weighted by Gasteiger charge is -2.11. The van der Waals surface area contributed by atoms with Crippen LogP contribution in [0.25, 0.3) is 11.0 Å². The maximum absolute atomic E-state index is 12.4. The fourth-order valence-electron chi connectivity index (χ4n) is 3.49. The van der Waals surface area contributed by atoms with Crippen LogP contribution in [-0.2, 0) is 4.79 Å². The van der Waals surface area contributed by atoms with Gasteiger partial charge in [0.05, 0.1) is 22.4 Å². The summed E-state index contributed by atoms with van der Waals surface area (Å²) < 4.78 is 5.80. The highest BCUT2D eigenvalue weighted by molar-refractivity contribution is 6.32. The summed E-state index contributed by atoms with van der Waals surface area (Å²) in [6.07, 6.45) is 1.59. The van der Waals surface area contributed by atoms with E-state index in [0.717, 1.165) is 11.0 Å². The fraction of sp³-hybridized carbons (Fsp3) is 0.0833. The number of imidazole rings is 1. The largest absolute Gasteiger partial charge is 0.423 e. The van der Waals surface area contributed by atoms with Gasteiger partial charge in [0.2, 0.25) is 5.91 Å². The second-order valence-electron chi connectivity index (χ2n) is 8.11. The number of benzene rings is 2. The highest BCUT2D eigenvalue weighted by Crippen LogP contribution is 2.31. The number of aromatic nitrogens is 6. The molecule has 3 heterocycles. The van der Waals surface area contributed by atoms with Crippen LogP contribution in [-0.4, -0.2) is 42.1 Å².